The molecule has 0 saturated heterocycles. The van der Waals surface area contributed by atoms with E-state index in [0.29, 0.717) is 0 Å². The van der Waals surface area contributed by atoms with Gasteiger partial charge in [-0.3, -0.25) is 4.79 Å². The molecule has 2 aromatic heterocycles. The minimum absolute atomic E-state index is 0.728. The molecule has 0 spiro atoms. The van der Waals surface area contributed by atoms with Crippen molar-refractivity contribution >= 4 is 6.29 Å². The lowest BCUT2D eigenvalue weighted by molar-refractivity contribution is 0.112. The van der Waals surface area contributed by atoms with Crippen LogP contribution in [0.3, 0.4) is 0 Å². The Hall–Kier alpha value is -1.84. The number of aromatic amines is 1. The first-order valence-electron chi connectivity index (χ1n) is 4.81. The van der Waals surface area contributed by atoms with Crippen LogP contribution in [0.2, 0.25) is 0 Å². The van der Waals surface area contributed by atoms with Crippen molar-refractivity contribution < 1.29 is 4.79 Å². The predicted octanol–water partition coefficient (Wildman–Crippen LogP) is 1.69. The van der Waals surface area contributed by atoms with Crippen LogP contribution in [0, 0.1) is 13.8 Å². The average molecular weight is 203 g/mol. The van der Waals surface area contributed by atoms with Gasteiger partial charge in [-0.1, -0.05) is 0 Å². The second-order valence-electron chi connectivity index (χ2n) is 3.61. The molecule has 0 aliphatic rings. The number of aldehydes is 1. The lowest BCUT2D eigenvalue weighted by atomic mass is 10.3. The Labute approximate surface area is 88.0 Å². The zero-order valence-electron chi connectivity index (χ0n) is 8.82. The molecule has 2 aromatic rings. The Morgan fingerprint density at radius 1 is 1.53 bits per heavy atom. The van der Waals surface area contributed by atoms with E-state index in [1.54, 1.807) is 12.5 Å². The zero-order chi connectivity index (χ0) is 10.8. The van der Waals surface area contributed by atoms with Gasteiger partial charge < -0.3 is 9.55 Å². The molecule has 0 amide bonds. The first kappa shape index (κ1) is 9.71. The third-order valence-corrected chi connectivity index (χ3v) is 2.62. The molecule has 1 N–H and O–H groups in total. The van der Waals surface area contributed by atoms with Gasteiger partial charge in [-0.05, 0) is 19.9 Å². The van der Waals surface area contributed by atoms with Crippen molar-refractivity contribution in [3.8, 4) is 0 Å². The molecule has 4 heteroatoms. The summed E-state index contributed by atoms with van der Waals surface area (Å²) in [7, 11) is 0. The van der Waals surface area contributed by atoms with Crippen molar-refractivity contribution in [2.24, 2.45) is 0 Å². The summed E-state index contributed by atoms with van der Waals surface area (Å²) in [6.45, 7) is 4.68. The SMILES string of the molecule is Cc1cc(C=O)c(C)n1Cc1cnc[nH]1. The van der Waals surface area contributed by atoms with Crippen LogP contribution < -0.4 is 0 Å². The van der Waals surface area contributed by atoms with Gasteiger partial charge in [-0.15, -0.1) is 0 Å². The maximum Gasteiger partial charge on any atom is 0.151 e. The topological polar surface area (TPSA) is 50.7 Å². The molecule has 0 aromatic carbocycles. The summed E-state index contributed by atoms with van der Waals surface area (Å²) in [6.07, 6.45) is 4.34. The lowest BCUT2D eigenvalue weighted by Gasteiger charge is -2.07. The monoisotopic (exact) mass is 203 g/mol. The Morgan fingerprint density at radius 3 is 2.87 bits per heavy atom. The fourth-order valence-corrected chi connectivity index (χ4v) is 1.73. The number of aryl methyl sites for hydroxylation is 1. The highest BCUT2D eigenvalue weighted by atomic mass is 16.1. The van der Waals surface area contributed by atoms with Crippen LogP contribution in [0.4, 0.5) is 0 Å². The summed E-state index contributed by atoms with van der Waals surface area (Å²) < 4.78 is 2.09. The molecule has 0 aliphatic heterocycles. The third-order valence-electron chi connectivity index (χ3n) is 2.62. The van der Waals surface area contributed by atoms with Gasteiger partial charge in [-0.2, -0.15) is 0 Å². The molecule has 0 radical (unpaired) electrons. The molecule has 2 rings (SSSR count). The number of imidazole rings is 1. The van der Waals surface area contributed by atoms with Crippen molar-refractivity contribution in [3.63, 3.8) is 0 Å². The van der Waals surface area contributed by atoms with Gasteiger partial charge in [-0.25, -0.2) is 4.98 Å². The van der Waals surface area contributed by atoms with Crippen molar-refractivity contribution in [1.82, 2.24) is 14.5 Å². The van der Waals surface area contributed by atoms with E-state index in [1.807, 2.05) is 19.9 Å². The quantitative estimate of drug-likeness (QED) is 0.772. The summed E-state index contributed by atoms with van der Waals surface area (Å²) in [5, 5.41) is 0. The van der Waals surface area contributed by atoms with Crippen LogP contribution >= 0.6 is 0 Å². The number of hydrogen-bond donors (Lipinski definition) is 1. The molecular formula is C11H13N3O. The molecule has 0 unspecified atom stereocenters. The molecule has 0 aliphatic carbocycles. The van der Waals surface area contributed by atoms with E-state index < -0.39 is 0 Å². The molecule has 0 fully saturated rings. The van der Waals surface area contributed by atoms with E-state index in [-0.39, 0.29) is 0 Å². The van der Waals surface area contributed by atoms with Crippen molar-refractivity contribution in [2.45, 2.75) is 20.4 Å². The maximum absolute atomic E-state index is 10.8. The Balaban J connectivity index is 2.36. The maximum atomic E-state index is 10.8. The van der Waals surface area contributed by atoms with E-state index in [4.69, 9.17) is 0 Å². The van der Waals surface area contributed by atoms with Gasteiger partial charge in [0.25, 0.3) is 0 Å². The van der Waals surface area contributed by atoms with Crippen LogP contribution in [0.5, 0.6) is 0 Å². The van der Waals surface area contributed by atoms with Crippen LogP contribution in [-0.4, -0.2) is 20.8 Å². The molecule has 0 bridgehead atoms. The third kappa shape index (κ3) is 1.70. The average Bonchev–Trinajstić information content (AvgIpc) is 2.81. The smallest absolute Gasteiger partial charge is 0.151 e. The lowest BCUT2D eigenvalue weighted by Crippen LogP contribution is -2.04. The number of H-pyrrole nitrogens is 1. The number of nitrogens with zero attached hydrogens (tertiary/aromatic N) is 2. The number of rotatable bonds is 3. The normalized spacial score (nSPS) is 10.5. The van der Waals surface area contributed by atoms with Crippen LogP contribution in [0.25, 0.3) is 0 Å². The molecule has 78 valence electrons. The second-order valence-corrected chi connectivity index (χ2v) is 3.61. The molecule has 15 heavy (non-hydrogen) atoms. The predicted molar refractivity (Wildman–Crippen MR) is 57.0 cm³/mol. The van der Waals surface area contributed by atoms with Gasteiger partial charge in [0.1, 0.15) is 0 Å². The fourth-order valence-electron chi connectivity index (χ4n) is 1.73. The number of carbonyl (C=O) groups is 1. The van der Waals surface area contributed by atoms with Gasteiger partial charge in [0.2, 0.25) is 0 Å². The van der Waals surface area contributed by atoms with Crippen LogP contribution in [-0.2, 0) is 6.54 Å². The summed E-state index contributed by atoms with van der Waals surface area (Å²) in [6, 6.07) is 1.90. The highest BCUT2D eigenvalue weighted by Gasteiger charge is 2.08. The largest absolute Gasteiger partial charge is 0.347 e. The summed E-state index contributed by atoms with van der Waals surface area (Å²) in [5.74, 6) is 0. The molecular weight excluding hydrogens is 190 g/mol. The Morgan fingerprint density at radius 2 is 2.33 bits per heavy atom. The summed E-state index contributed by atoms with van der Waals surface area (Å²) in [5.41, 5.74) is 3.88. The van der Waals surface area contributed by atoms with Crippen molar-refractivity contribution in [1.29, 1.82) is 0 Å². The summed E-state index contributed by atoms with van der Waals surface area (Å²) >= 11 is 0. The van der Waals surface area contributed by atoms with Crippen molar-refractivity contribution in [3.05, 3.63) is 41.2 Å². The summed E-state index contributed by atoms with van der Waals surface area (Å²) in [4.78, 5) is 17.8. The first-order valence-corrected chi connectivity index (χ1v) is 4.81. The second kappa shape index (κ2) is 3.73. The number of carbonyl (C=O) groups excluding carboxylic acids is 1. The Bertz CT molecular complexity index is 468. The van der Waals surface area contributed by atoms with Crippen molar-refractivity contribution in [2.75, 3.05) is 0 Å². The van der Waals surface area contributed by atoms with E-state index in [0.717, 1.165) is 35.5 Å². The van der Waals surface area contributed by atoms with E-state index in [9.17, 15) is 4.79 Å². The molecule has 2 heterocycles. The molecule has 0 atom stereocenters. The van der Waals surface area contributed by atoms with Gasteiger partial charge in [0, 0.05) is 23.1 Å². The van der Waals surface area contributed by atoms with E-state index >= 15 is 0 Å². The van der Waals surface area contributed by atoms with Gasteiger partial charge >= 0.3 is 0 Å². The van der Waals surface area contributed by atoms with E-state index in [1.165, 1.54) is 0 Å². The fraction of sp³-hybridized carbons (Fsp3) is 0.273. The van der Waals surface area contributed by atoms with Crippen LogP contribution in [0.1, 0.15) is 27.4 Å². The zero-order valence-corrected chi connectivity index (χ0v) is 8.82. The number of hydrogen-bond acceptors (Lipinski definition) is 2. The number of aromatic nitrogens is 3. The van der Waals surface area contributed by atoms with Crippen LogP contribution in [0.15, 0.2) is 18.6 Å². The number of nitrogens with one attached hydrogen (secondary N) is 1. The molecule has 0 saturated carbocycles. The first-order chi connectivity index (χ1) is 7.22. The highest BCUT2D eigenvalue weighted by molar-refractivity contribution is 5.77. The van der Waals surface area contributed by atoms with Gasteiger partial charge in [0.15, 0.2) is 6.29 Å². The standard InChI is InChI=1S/C11H13N3O/c1-8-3-10(6-15)9(2)14(8)5-11-4-12-7-13-11/h3-4,6-7H,5H2,1-2H3,(H,12,13). The minimum Gasteiger partial charge on any atom is -0.347 e. The molecule has 4 nitrogen and oxygen atoms in total. The highest BCUT2D eigenvalue weighted by Crippen LogP contribution is 2.14. The Kier molecular flexibility index (Phi) is 2.41. The van der Waals surface area contributed by atoms with Gasteiger partial charge in [0.05, 0.1) is 18.6 Å². The van der Waals surface area contributed by atoms with E-state index in [2.05, 4.69) is 14.5 Å². The minimum atomic E-state index is 0.728.